The van der Waals surface area contributed by atoms with E-state index in [4.69, 9.17) is 14.5 Å². The summed E-state index contributed by atoms with van der Waals surface area (Å²) in [6, 6.07) is 11.7. The number of aromatic nitrogens is 2. The van der Waals surface area contributed by atoms with Crippen LogP contribution < -0.4 is 0 Å². The van der Waals surface area contributed by atoms with Crippen molar-refractivity contribution in [3.05, 3.63) is 60.2 Å². The summed E-state index contributed by atoms with van der Waals surface area (Å²) in [5.41, 5.74) is 0.0410. The second kappa shape index (κ2) is 5.11. The third-order valence-electron chi connectivity index (χ3n) is 4.72. The molecule has 0 bridgehead atoms. The predicted molar refractivity (Wildman–Crippen MR) is 90.8 cm³/mol. The SMILES string of the molecule is CCC1(C2=NC(C)(C)CO2)OC1(c1ccccn1)c1ccccn1. The molecule has 0 radical (unpaired) electrons. The van der Waals surface area contributed by atoms with Crippen LogP contribution in [0.15, 0.2) is 53.8 Å². The Morgan fingerprint density at radius 1 is 1.00 bits per heavy atom. The van der Waals surface area contributed by atoms with E-state index in [1.54, 1.807) is 12.4 Å². The van der Waals surface area contributed by atoms with E-state index < -0.39 is 11.2 Å². The molecule has 1 unspecified atom stereocenters. The summed E-state index contributed by atoms with van der Waals surface area (Å²) in [7, 11) is 0. The second-order valence-electron chi connectivity index (χ2n) is 6.91. The van der Waals surface area contributed by atoms with E-state index in [9.17, 15) is 0 Å². The molecule has 4 heterocycles. The van der Waals surface area contributed by atoms with Gasteiger partial charge in [0.05, 0.1) is 16.9 Å². The fraction of sp³-hybridized carbons (Fsp3) is 0.421. The van der Waals surface area contributed by atoms with Crippen molar-refractivity contribution >= 4 is 5.90 Å². The number of epoxide rings is 1. The first-order chi connectivity index (χ1) is 11.5. The van der Waals surface area contributed by atoms with E-state index in [2.05, 4.69) is 30.7 Å². The zero-order valence-corrected chi connectivity index (χ0v) is 14.2. The Balaban J connectivity index is 1.88. The molecule has 2 aromatic rings. The van der Waals surface area contributed by atoms with Gasteiger partial charge in [-0.05, 0) is 44.5 Å². The molecular formula is C19H21N3O2. The summed E-state index contributed by atoms with van der Waals surface area (Å²) in [6.45, 7) is 6.78. The molecule has 0 N–H and O–H groups in total. The van der Waals surface area contributed by atoms with Gasteiger partial charge in [-0.1, -0.05) is 19.1 Å². The van der Waals surface area contributed by atoms with Crippen LogP contribution in [-0.4, -0.2) is 33.6 Å². The number of rotatable bonds is 4. The first-order valence-corrected chi connectivity index (χ1v) is 8.30. The number of hydrogen-bond donors (Lipinski definition) is 0. The van der Waals surface area contributed by atoms with Crippen molar-refractivity contribution in [2.45, 2.75) is 43.9 Å². The first-order valence-electron chi connectivity index (χ1n) is 8.30. The highest BCUT2D eigenvalue weighted by Crippen LogP contribution is 2.62. The van der Waals surface area contributed by atoms with Crippen LogP contribution in [0.2, 0.25) is 0 Å². The molecule has 4 rings (SSSR count). The van der Waals surface area contributed by atoms with Crippen molar-refractivity contribution in [3.8, 4) is 0 Å². The summed E-state index contributed by atoms with van der Waals surface area (Å²) < 4.78 is 12.4. The molecule has 0 spiro atoms. The maximum absolute atomic E-state index is 6.41. The molecule has 0 aromatic carbocycles. The van der Waals surface area contributed by atoms with Gasteiger partial charge in [-0.2, -0.15) is 0 Å². The number of ether oxygens (including phenoxy) is 2. The minimum absolute atomic E-state index is 0.233. The van der Waals surface area contributed by atoms with Crippen LogP contribution in [0, 0.1) is 0 Å². The number of nitrogens with zero attached hydrogens (tertiary/aromatic N) is 3. The van der Waals surface area contributed by atoms with Crippen molar-refractivity contribution in [2.75, 3.05) is 6.61 Å². The largest absolute Gasteiger partial charge is 0.476 e. The van der Waals surface area contributed by atoms with Gasteiger partial charge in [0.15, 0.2) is 11.2 Å². The van der Waals surface area contributed by atoms with E-state index >= 15 is 0 Å². The zero-order valence-electron chi connectivity index (χ0n) is 14.2. The summed E-state index contributed by atoms with van der Waals surface area (Å²) >= 11 is 0. The van der Waals surface area contributed by atoms with E-state index in [0.29, 0.717) is 12.5 Å². The molecule has 2 aliphatic rings. The summed E-state index contributed by atoms with van der Waals surface area (Å²) in [4.78, 5) is 13.9. The fourth-order valence-electron chi connectivity index (χ4n) is 3.49. The third-order valence-corrected chi connectivity index (χ3v) is 4.72. The topological polar surface area (TPSA) is 59.9 Å². The van der Waals surface area contributed by atoms with Gasteiger partial charge in [0.1, 0.15) is 6.61 Å². The first kappa shape index (κ1) is 15.3. The van der Waals surface area contributed by atoms with Gasteiger partial charge in [0.25, 0.3) is 0 Å². The lowest BCUT2D eigenvalue weighted by molar-refractivity contribution is 0.241. The number of pyridine rings is 2. The lowest BCUT2D eigenvalue weighted by Crippen LogP contribution is -2.34. The molecule has 124 valence electrons. The van der Waals surface area contributed by atoms with E-state index in [-0.39, 0.29) is 5.54 Å². The molecule has 24 heavy (non-hydrogen) atoms. The van der Waals surface area contributed by atoms with E-state index in [0.717, 1.165) is 17.8 Å². The summed E-state index contributed by atoms with van der Waals surface area (Å²) in [6.07, 6.45) is 4.29. The highest BCUT2D eigenvalue weighted by molar-refractivity contribution is 5.92. The quantitative estimate of drug-likeness (QED) is 0.811. The molecule has 5 heteroatoms. The van der Waals surface area contributed by atoms with Gasteiger partial charge in [0, 0.05) is 12.4 Å². The Hall–Kier alpha value is -2.27. The molecule has 1 saturated heterocycles. The summed E-state index contributed by atoms with van der Waals surface area (Å²) in [5, 5.41) is 0. The summed E-state index contributed by atoms with van der Waals surface area (Å²) in [5.74, 6) is 0.659. The van der Waals surface area contributed by atoms with Crippen molar-refractivity contribution < 1.29 is 9.47 Å². The van der Waals surface area contributed by atoms with Crippen LogP contribution in [0.5, 0.6) is 0 Å². The Labute approximate surface area is 141 Å². The second-order valence-corrected chi connectivity index (χ2v) is 6.91. The van der Waals surface area contributed by atoms with Gasteiger partial charge >= 0.3 is 0 Å². The van der Waals surface area contributed by atoms with Crippen LogP contribution in [0.3, 0.4) is 0 Å². The average Bonchev–Trinajstić information content (AvgIpc) is 3.19. The Morgan fingerprint density at radius 2 is 1.62 bits per heavy atom. The maximum atomic E-state index is 6.41. The molecule has 0 aliphatic carbocycles. The van der Waals surface area contributed by atoms with Crippen LogP contribution in [0.25, 0.3) is 0 Å². The third kappa shape index (κ3) is 2.01. The van der Waals surface area contributed by atoms with Gasteiger partial charge in [-0.25, -0.2) is 4.99 Å². The Morgan fingerprint density at radius 3 is 2.04 bits per heavy atom. The maximum Gasteiger partial charge on any atom is 0.221 e. The lowest BCUT2D eigenvalue weighted by Gasteiger charge is -2.18. The fourth-order valence-corrected chi connectivity index (χ4v) is 3.49. The normalized spacial score (nSPS) is 26.5. The van der Waals surface area contributed by atoms with Crippen molar-refractivity contribution in [1.29, 1.82) is 0 Å². The van der Waals surface area contributed by atoms with Gasteiger partial charge in [0.2, 0.25) is 5.90 Å². The molecule has 2 aromatic heterocycles. The van der Waals surface area contributed by atoms with Crippen molar-refractivity contribution in [1.82, 2.24) is 9.97 Å². The van der Waals surface area contributed by atoms with Crippen molar-refractivity contribution in [3.63, 3.8) is 0 Å². The average molecular weight is 323 g/mol. The Bertz CT molecular complexity index is 734. The molecule has 1 atom stereocenters. The molecule has 1 fully saturated rings. The zero-order chi connectivity index (χ0) is 16.8. The smallest absolute Gasteiger partial charge is 0.221 e. The lowest BCUT2D eigenvalue weighted by atomic mass is 9.84. The molecule has 0 amide bonds. The standard InChI is InChI=1S/C19H21N3O2/c1-4-18(16-22-17(2,3)13-23-16)19(24-18,14-9-5-7-11-20-14)15-10-6-8-12-21-15/h5-12H,4,13H2,1-3H3. The number of aliphatic imine (C=N–C) groups is 1. The van der Waals surface area contributed by atoms with Crippen LogP contribution in [0.1, 0.15) is 38.6 Å². The highest BCUT2D eigenvalue weighted by Gasteiger charge is 2.77. The minimum atomic E-state index is -0.747. The van der Waals surface area contributed by atoms with E-state index in [1.807, 2.05) is 36.4 Å². The van der Waals surface area contributed by atoms with Crippen LogP contribution in [-0.2, 0) is 15.1 Å². The van der Waals surface area contributed by atoms with E-state index in [1.165, 1.54) is 0 Å². The molecular weight excluding hydrogens is 302 g/mol. The minimum Gasteiger partial charge on any atom is -0.476 e. The predicted octanol–water partition coefficient (Wildman–Crippen LogP) is 3.11. The van der Waals surface area contributed by atoms with Gasteiger partial charge in [-0.15, -0.1) is 0 Å². The Kier molecular flexibility index (Phi) is 3.25. The van der Waals surface area contributed by atoms with Gasteiger partial charge < -0.3 is 9.47 Å². The highest BCUT2D eigenvalue weighted by atomic mass is 16.7. The van der Waals surface area contributed by atoms with Gasteiger partial charge in [-0.3, -0.25) is 9.97 Å². The molecule has 0 saturated carbocycles. The monoisotopic (exact) mass is 323 g/mol. The molecule has 5 nitrogen and oxygen atoms in total. The van der Waals surface area contributed by atoms with Crippen LogP contribution >= 0.6 is 0 Å². The molecule has 2 aliphatic heterocycles. The van der Waals surface area contributed by atoms with Crippen LogP contribution in [0.4, 0.5) is 0 Å². The number of hydrogen-bond acceptors (Lipinski definition) is 5. The van der Waals surface area contributed by atoms with Crippen molar-refractivity contribution in [2.24, 2.45) is 4.99 Å².